The molecule has 118 valence electrons. The lowest BCUT2D eigenvalue weighted by molar-refractivity contribution is 0.282. The monoisotopic (exact) mass is 311 g/mol. The van der Waals surface area contributed by atoms with Crippen LogP contribution >= 0.6 is 11.6 Å². The minimum Gasteiger partial charge on any atom is -0.493 e. The van der Waals surface area contributed by atoms with Gasteiger partial charge in [0.25, 0.3) is 0 Å². The van der Waals surface area contributed by atoms with E-state index in [4.69, 9.17) is 26.8 Å². The summed E-state index contributed by atoms with van der Waals surface area (Å²) >= 11 is 6.12. The van der Waals surface area contributed by atoms with E-state index in [2.05, 4.69) is 6.58 Å². The first-order valence-electron chi connectivity index (χ1n) is 7.44. The quantitative estimate of drug-likeness (QED) is 0.515. The Morgan fingerprint density at radius 1 is 1.33 bits per heavy atom. The molecule has 0 bridgehead atoms. The summed E-state index contributed by atoms with van der Waals surface area (Å²) in [5.74, 6) is 1.44. The summed E-state index contributed by atoms with van der Waals surface area (Å²) in [5, 5.41) is 0.640. The number of rotatable bonds is 10. The third-order valence-corrected chi connectivity index (χ3v) is 3.38. The van der Waals surface area contributed by atoms with Crippen LogP contribution in [0.5, 0.6) is 11.5 Å². The minimum atomic E-state index is 0.0446. The number of methoxy groups -OCH3 is 1. The second-order valence-electron chi connectivity index (χ2n) is 5.26. The van der Waals surface area contributed by atoms with E-state index < -0.39 is 0 Å². The first kappa shape index (κ1) is 17.9. The van der Waals surface area contributed by atoms with E-state index >= 15 is 0 Å². The van der Waals surface area contributed by atoms with Crippen molar-refractivity contribution in [3.8, 4) is 11.5 Å². The fourth-order valence-electron chi connectivity index (χ4n) is 2.18. The van der Waals surface area contributed by atoms with Crippen molar-refractivity contribution in [1.29, 1.82) is 0 Å². The van der Waals surface area contributed by atoms with Crippen LogP contribution in [0.2, 0.25) is 5.02 Å². The molecule has 2 N–H and O–H groups in total. The van der Waals surface area contributed by atoms with Gasteiger partial charge in [0, 0.05) is 22.7 Å². The standard InChI is InChI=1S/C17H26ClNO2/c1-4-5-6-7-8-9-21-17-14(10-13(2)19)11-15(18)12-16(17)20-3/h4,11-13H,1,5-10,19H2,2-3H3. The Morgan fingerprint density at radius 3 is 2.71 bits per heavy atom. The maximum Gasteiger partial charge on any atom is 0.164 e. The number of hydrogen-bond donors (Lipinski definition) is 1. The molecule has 0 saturated carbocycles. The van der Waals surface area contributed by atoms with E-state index in [9.17, 15) is 0 Å². The summed E-state index contributed by atoms with van der Waals surface area (Å²) < 4.78 is 11.3. The first-order chi connectivity index (χ1) is 10.1. The molecule has 0 aromatic heterocycles. The van der Waals surface area contributed by atoms with Gasteiger partial charge in [0.05, 0.1) is 13.7 Å². The van der Waals surface area contributed by atoms with Crippen LogP contribution in [0, 0.1) is 0 Å². The molecule has 0 aliphatic rings. The van der Waals surface area contributed by atoms with Crippen molar-refractivity contribution in [2.45, 2.75) is 45.1 Å². The zero-order valence-electron chi connectivity index (χ0n) is 13.0. The molecule has 1 rings (SSSR count). The Morgan fingerprint density at radius 2 is 2.10 bits per heavy atom. The first-order valence-corrected chi connectivity index (χ1v) is 7.82. The highest BCUT2D eigenvalue weighted by atomic mass is 35.5. The zero-order valence-corrected chi connectivity index (χ0v) is 13.8. The van der Waals surface area contributed by atoms with Crippen LogP contribution in [-0.4, -0.2) is 19.8 Å². The topological polar surface area (TPSA) is 44.5 Å². The van der Waals surface area contributed by atoms with Gasteiger partial charge < -0.3 is 15.2 Å². The maximum absolute atomic E-state index is 6.12. The van der Waals surface area contributed by atoms with Gasteiger partial charge in [0.2, 0.25) is 0 Å². The van der Waals surface area contributed by atoms with Gasteiger partial charge in [-0.25, -0.2) is 0 Å². The molecular formula is C17H26ClNO2. The molecular weight excluding hydrogens is 286 g/mol. The van der Waals surface area contributed by atoms with Crippen molar-refractivity contribution in [3.05, 3.63) is 35.4 Å². The molecule has 4 heteroatoms. The molecule has 0 heterocycles. The lowest BCUT2D eigenvalue weighted by atomic mass is 10.1. The van der Waals surface area contributed by atoms with Crippen LogP contribution in [0.15, 0.2) is 24.8 Å². The van der Waals surface area contributed by atoms with E-state index in [1.165, 1.54) is 0 Å². The lowest BCUT2D eigenvalue weighted by Crippen LogP contribution is -2.18. The fraction of sp³-hybridized carbons (Fsp3) is 0.529. The Labute approximate surface area is 133 Å². The second-order valence-corrected chi connectivity index (χ2v) is 5.70. The van der Waals surface area contributed by atoms with Gasteiger partial charge in [0.1, 0.15) is 0 Å². The second kappa shape index (κ2) is 9.69. The van der Waals surface area contributed by atoms with Crippen LogP contribution in [0.3, 0.4) is 0 Å². The molecule has 0 spiro atoms. The number of allylic oxidation sites excluding steroid dienone is 1. The van der Waals surface area contributed by atoms with E-state index in [1.807, 2.05) is 19.1 Å². The number of nitrogens with two attached hydrogens (primary N) is 1. The Balaban J connectivity index is 2.70. The van der Waals surface area contributed by atoms with Crippen molar-refractivity contribution in [1.82, 2.24) is 0 Å². The molecule has 1 unspecified atom stereocenters. The predicted octanol–water partition coefficient (Wildman–Crippen LogP) is 4.36. The van der Waals surface area contributed by atoms with Crippen molar-refractivity contribution < 1.29 is 9.47 Å². The van der Waals surface area contributed by atoms with Gasteiger partial charge in [-0.3, -0.25) is 0 Å². The van der Waals surface area contributed by atoms with Crippen molar-refractivity contribution in [3.63, 3.8) is 0 Å². The lowest BCUT2D eigenvalue weighted by Gasteiger charge is -2.17. The van der Waals surface area contributed by atoms with E-state index in [0.29, 0.717) is 23.8 Å². The average Bonchev–Trinajstić information content (AvgIpc) is 2.43. The van der Waals surface area contributed by atoms with Crippen LogP contribution in [0.1, 0.15) is 38.2 Å². The normalized spacial score (nSPS) is 12.0. The molecule has 1 aromatic carbocycles. The average molecular weight is 312 g/mol. The maximum atomic E-state index is 6.12. The van der Waals surface area contributed by atoms with Gasteiger partial charge in [-0.05, 0) is 45.1 Å². The molecule has 0 saturated heterocycles. The number of ether oxygens (including phenoxy) is 2. The van der Waals surface area contributed by atoms with Gasteiger partial charge in [-0.15, -0.1) is 6.58 Å². The largest absolute Gasteiger partial charge is 0.493 e. The number of hydrogen-bond acceptors (Lipinski definition) is 3. The Hall–Kier alpha value is -1.19. The summed E-state index contributed by atoms with van der Waals surface area (Å²) in [5.41, 5.74) is 6.90. The SMILES string of the molecule is C=CCCCCCOc1c(CC(C)N)cc(Cl)cc1OC. The molecule has 21 heavy (non-hydrogen) atoms. The van der Waals surface area contributed by atoms with Crippen molar-refractivity contribution in [2.75, 3.05) is 13.7 Å². The summed E-state index contributed by atoms with van der Waals surface area (Å²) in [4.78, 5) is 0. The van der Waals surface area contributed by atoms with Crippen molar-refractivity contribution in [2.24, 2.45) is 5.73 Å². The van der Waals surface area contributed by atoms with Crippen LogP contribution in [0.25, 0.3) is 0 Å². The molecule has 0 aliphatic heterocycles. The predicted molar refractivity (Wildman–Crippen MR) is 89.5 cm³/mol. The molecule has 0 aliphatic carbocycles. The highest BCUT2D eigenvalue weighted by Crippen LogP contribution is 2.35. The third-order valence-electron chi connectivity index (χ3n) is 3.16. The Kier molecular flexibility index (Phi) is 8.24. The molecule has 3 nitrogen and oxygen atoms in total. The van der Waals surface area contributed by atoms with Gasteiger partial charge >= 0.3 is 0 Å². The highest BCUT2D eigenvalue weighted by molar-refractivity contribution is 6.30. The smallest absolute Gasteiger partial charge is 0.164 e. The highest BCUT2D eigenvalue weighted by Gasteiger charge is 2.14. The fourth-order valence-corrected chi connectivity index (χ4v) is 2.41. The summed E-state index contributed by atoms with van der Waals surface area (Å²) in [6, 6.07) is 3.72. The van der Waals surface area contributed by atoms with Gasteiger partial charge in [0.15, 0.2) is 11.5 Å². The molecule has 1 aromatic rings. The van der Waals surface area contributed by atoms with Crippen LogP contribution < -0.4 is 15.2 Å². The molecule has 0 radical (unpaired) electrons. The third kappa shape index (κ3) is 6.40. The summed E-state index contributed by atoms with van der Waals surface area (Å²) in [6.07, 6.45) is 7.01. The zero-order chi connectivity index (χ0) is 15.7. The van der Waals surface area contributed by atoms with E-state index in [1.54, 1.807) is 13.2 Å². The number of unbranched alkanes of at least 4 members (excludes halogenated alkanes) is 3. The molecule has 0 amide bonds. The van der Waals surface area contributed by atoms with Crippen molar-refractivity contribution >= 4 is 11.6 Å². The van der Waals surface area contributed by atoms with Crippen LogP contribution in [-0.2, 0) is 6.42 Å². The van der Waals surface area contributed by atoms with E-state index in [-0.39, 0.29) is 6.04 Å². The number of benzene rings is 1. The molecule has 1 atom stereocenters. The summed E-state index contributed by atoms with van der Waals surface area (Å²) in [6.45, 7) is 6.36. The van der Waals surface area contributed by atoms with Gasteiger partial charge in [-0.1, -0.05) is 17.7 Å². The minimum absolute atomic E-state index is 0.0446. The number of halogens is 1. The summed E-state index contributed by atoms with van der Waals surface area (Å²) in [7, 11) is 1.62. The van der Waals surface area contributed by atoms with Gasteiger partial charge in [-0.2, -0.15) is 0 Å². The van der Waals surface area contributed by atoms with Crippen LogP contribution in [0.4, 0.5) is 0 Å². The van der Waals surface area contributed by atoms with E-state index in [0.717, 1.165) is 37.0 Å². The molecule has 0 fully saturated rings. The Bertz CT molecular complexity index is 447.